The summed E-state index contributed by atoms with van der Waals surface area (Å²) >= 11 is 0. The monoisotopic (exact) mass is 266 g/mol. The van der Waals surface area contributed by atoms with Crippen molar-refractivity contribution in [1.82, 2.24) is 5.32 Å². The third kappa shape index (κ3) is 9.76. The minimum atomic E-state index is -3.35. The maximum Gasteiger partial charge on any atom is 0.303 e. The third-order valence-electron chi connectivity index (χ3n) is 1.95. The fourth-order valence-electron chi connectivity index (χ4n) is 1.09. The molecule has 0 aliphatic carbocycles. The topological polar surface area (TPSA) is 127 Å². The van der Waals surface area contributed by atoms with Crippen LogP contribution in [0.25, 0.3) is 0 Å². The summed E-state index contributed by atoms with van der Waals surface area (Å²) in [5.41, 5.74) is 5.16. The quantitative estimate of drug-likeness (QED) is 0.477. The fraction of sp³-hybridized carbons (Fsp3) is 0.778. The molecule has 1 amide bonds. The molecule has 0 saturated heterocycles. The molecule has 0 aliphatic rings. The molecule has 0 unspecified atom stereocenters. The number of nitrogens with two attached hydrogens (primary N) is 1. The highest BCUT2D eigenvalue weighted by molar-refractivity contribution is 7.91. The van der Waals surface area contributed by atoms with Gasteiger partial charge < -0.3 is 16.2 Å². The van der Waals surface area contributed by atoms with Gasteiger partial charge in [0.05, 0.1) is 11.5 Å². The first-order valence-corrected chi connectivity index (χ1v) is 7.08. The minimum absolute atomic E-state index is 0.0715. The van der Waals surface area contributed by atoms with Crippen LogP contribution < -0.4 is 11.1 Å². The Balaban J connectivity index is 3.85. The Kier molecular flexibility index (Phi) is 7.47. The molecule has 0 saturated carbocycles. The van der Waals surface area contributed by atoms with Crippen molar-refractivity contribution in [2.75, 3.05) is 24.6 Å². The van der Waals surface area contributed by atoms with Crippen molar-refractivity contribution in [1.29, 1.82) is 0 Å². The molecule has 0 aromatic carbocycles. The van der Waals surface area contributed by atoms with E-state index in [1.165, 1.54) is 0 Å². The van der Waals surface area contributed by atoms with Gasteiger partial charge in [-0.25, -0.2) is 8.42 Å². The normalized spacial score (nSPS) is 11.1. The van der Waals surface area contributed by atoms with E-state index in [1.54, 1.807) is 0 Å². The van der Waals surface area contributed by atoms with E-state index < -0.39 is 15.8 Å². The van der Waals surface area contributed by atoms with Crippen LogP contribution in [0.15, 0.2) is 0 Å². The van der Waals surface area contributed by atoms with Crippen molar-refractivity contribution in [3.63, 3.8) is 0 Å². The second-order valence-corrected chi connectivity index (χ2v) is 5.84. The number of hydrogen-bond donors (Lipinski definition) is 3. The molecule has 0 aromatic rings. The Bertz CT molecular complexity index is 352. The summed E-state index contributed by atoms with van der Waals surface area (Å²) in [6, 6.07) is 0. The Morgan fingerprint density at radius 2 is 1.82 bits per heavy atom. The first-order valence-electron chi connectivity index (χ1n) is 5.26. The van der Waals surface area contributed by atoms with Crippen molar-refractivity contribution in [2.45, 2.75) is 19.3 Å². The first kappa shape index (κ1) is 15.9. The van der Waals surface area contributed by atoms with E-state index >= 15 is 0 Å². The third-order valence-corrected chi connectivity index (χ3v) is 3.69. The minimum Gasteiger partial charge on any atom is -0.481 e. The Morgan fingerprint density at radius 1 is 1.18 bits per heavy atom. The Morgan fingerprint density at radius 3 is 2.35 bits per heavy atom. The number of carboxylic acids is 1. The predicted molar refractivity (Wildman–Crippen MR) is 62.2 cm³/mol. The van der Waals surface area contributed by atoms with Crippen LogP contribution in [0, 0.1) is 0 Å². The van der Waals surface area contributed by atoms with E-state index in [1.807, 2.05) is 0 Å². The molecule has 8 heteroatoms. The number of amides is 1. The second-order valence-electron chi connectivity index (χ2n) is 3.54. The molecule has 0 fully saturated rings. The van der Waals surface area contributed by atoms with Crippen LogP contribution in [-0.4, -0.2) is 50.0 Å². The van der Waals surface area contributed by atoms with Crippen molar-refractivity contribution < 1.29 is 23.1 Å². The molecule has 100 valence electrons. The van der Waals surface area contributed by atoms with Gasteiger partial charge in [0.15, 0.2) is 9.84 Å². The molecular formula is C9H18N2O5S. The molecule has 7 nitrogen and oxygen atoms in total. The lowest BCUT2D eigenvalue weighted by molar-refractivity contribution is -0.137. The van der Waals surface area contributed by atoms with Crippen LogP contribution in [0.5, 0.6) is 0 Å². The second kappa shape index (κ2) is 8.02. The van der Waals surface area contributed by atoms with Crippen LogP contribution in [0.1, 0.15) is 19.3 Å². The largest absolute Gasteiger partial charge is 0.481 e. The maximum atomic E-state index is 11.4. The summed E-state index contributed by atoms with van der Waals surface area (Å²) in [6.45, 7) is 0.620. The number of rotatable bonds is 9. The molecular weight excluding hydrogens is 248 g/mol. The summed E-state index contributed by atoms with van der Waals surface area (Å²) in [4.78, 5) is 21.3. The van der Waals surface area contributed by atoms with E-state index in [2.05, 4.69) is 5.32 Å². The molecule has 4 N–H and O–H groups in total. The molecule has 0 spiro atoms. The molecule has 0 rings (SSSR count). The number of carbonyl (C=O) groups is 2. The van der Waals surface area contributed by atoms with Crippen LogP contribution in [-0.2, 0) is 19.4 Å². The summed E-state index contributed by atoms with van der Waals surface area (Å²) in [6.07, 6.45) is -0.226. The standard InChI is InChI=1S/C9H18N2O5S/c10-4-5-11-8(12)3-7-17(15,16)6-1-2-9(13)14/h1-7,10H2,(H,11,12)(H,13,14). The van der Waals surface area contributed by atoms with Gasteiger partial charge in [0.25, 0.3) is 0 Å². The smallest absolute Gasteiger partial charge is 0.303 e. The maximum absolute atomic E-state index is 11.4. The van der Waals surface area contributed by atoms with Gasteiger partial charge in [-0.1, -0.05) is 0 Å². The van der Waals surface area contributed by atoms with E-state index in [9.17, 15) is 18.0 Å². The van der Waals surface area contributed by atoms with Crippen molar-refractivity contribution >= 4 is 21.7 Å². The van der Waals surface area contributed by atoms with Crippen LogP contribution >= 0.6 is 0 Å². The molecule has 0 radical (unpaired) electrons. The molecule has 0 aliphatic heterocycles. The number of nitrogens with one attached hydrogen (secondary N) is 1. The van der Waals surface area contributed by atoms with Gasteiger partial charge in [0, 0.05) is 25.9 Å². The number of carboxylic acid groups (broad SMARTS) is 1. The SMILES string of the molecule is NCCNC(=O)CCS(=O)(=O)CCCC(=O)O. The van der Waals surface area contributed by atoms with Crippen LogP contribution in [0.4, 0.5) is 0 Å². The van der Waals surface area contributed by atoms with Crippen molar-refractivity contribution in [3.8, 4) is 0 Å². The van der Waals surface area contributed by atoms with Gasteiger partial charge >= 0.3 is 5.97 Å². The molecule has 0 heterocycles. The van der Waals surface area contributed by atoms with Gasteiger partial charge in [-0.05, 0) is 6.42 Å². The van der Waals surface area contributed by atoms with E-state index in [0.29, 0.717) is 13.1 Å². The number of aliphatic carboxylic acids is 1. The summed E-state index contributed by atoms with van der Waals surface area (Å²) < 4.78 is 22.8. The van der Waals surface area contributed by atoms with E-state index in [0.717, 1.165) is 0 Å². The number of sulfone groups is 1. The zero-order valence-corrected chi connectivity index (χ0v) is 10.3. The average Bonchev–Trinajstić information content (AvgIpc) is 2.23. The molecule has 17 heavy (non-hydrogen) atoms. The number of hydrogen-bond acceptors (Lipinski definition) is 5. The van der Waals surface area contributed by atoms with Gasteiger partial charge in [-0.2, -0.15) is 0 Å². The van der Waals surface area contributed by atoms with E-state index in [4.69, 9.17) is 10.8 Å². The van der Waals surface area contributed by atoms with Gasteiger partial charge in [0.1, 0.15) is 0 Å². The van der Waals surface area contributed by atoms with Gasteiger partial charge in [-0.3, -0.25) is 9.59 Å². The Labute approximate surface area is 100 Å². The fourth-order valence-corrected chi connectivity index (χ4v) is 2.38. The molecule has 0 bridgehead atoms. The average molecular weight is 266 g/mol. The highest BCUT2D eigenvalue weighted by atomic mass is 32.2. The Hall–Kier alpha value is -1.15. The van der Waals surface area contributed by atoms with Crippen molar-refractivity contribution in [2.24, 2.45) is 5.73 Å². The lowest BCUT2D eigenvalue weighted by Crippen LogP contribution is -2.30. The molecule has 0 aromatic heterocycles. The highest BCUT2D eigenvalue weighted by Crippen LogP contribution is 2.00. The number of carbonyl (C=O) groups excluding carboxylic acids is 1. The first-order chi connectivity index (χ1) is 7.87. The highest BCUT2D eigenvalue weighted by Gasteiger charge is 2.13. The summed E-state index contributed by atoms with van der Waals surface area (Å²) in [5.74, 6) is -1.86. The zero-order valence-electron chi connectivity index (χ0n) is 9.52. The summed E-state index contributed by atoms with van der Waals surface area (Å²) in [5, 5.41) is 10.8. The van der Waals surface area contributed by atoms with Crippen LogP contribution in [0.3, 0.4) is 0 Å². The molecule has 0 atom stereocenters. The zero-order chi connectivity index (χ0) is 13.3. The summed E-state index contributed by atoms with van der Waals surface area (Å²) in [7, 11) is -3.35. The lowest BCUT2D eigenvalue weighted by atomic mass is 10.3. The van der Waals surface area contributed by atoms with Gasteiger partial charge in [-0.15, -0.1) is 0 Å². The van der Waals surface area contributed by atoms with Crippen LogP contribution in [0.2, 0.25) is 0 Å². The van der Waals surface area contributed by atoms with E-state index in [-0.39, 0.29) is 36.7 Å². The lowest BCUT2D eigenvalue weighted by Gasteiger charge is -2.04. The van der Waals surface area contributed by atoms with Crippen molar-refractivity contribution in [3.05, 3.63) is 0 Å². The predicted octanol–water partition coefficient (Wildman–Crippen LogP) is -1.27. The van der Waals surface area contributed by atoms with Gasteiger partial charge in [0.2, 0.25) is 5.91 Å².